The summed E-state index contributed by atoms with van der Waals surface area (Å²) >= 11 is 0. The predicted molar refractivity (Wildman–Crippen MR) is 133 cm³/mol. The van der Waals surface area contributed by atoms with Gasteiger partial charge < -0.3 is 20.2 Å². The van der Waals surface area contributed by atoms with Gasteiger partial charge in [0.2, 0.25) is 0 Å². The van der Waals surface area contributed by atoms with Gasteiger partial charge >= 0.3 is 0 Å². The highest BCUT2D eigenvalue weighted by atomic mass is 32.2. The smallest absolute Gasteiger partial charge is 0.295 e. The molecule has 35 heavy (non-hydrogen) atoms. The minimum Gasteiger partial charge on any atom is -0.489 e. The van der Waals surface area contributed by atoms with Crippen molar-refractivity contribution in [3.05, 3.63) is 95.8 Å². The first-order valence-corrected chi connectivity index (χ1v) is 12.1. The van der Waals surface area contributed by atoms with Crippen molar-refractivity contribution < 1.29 is 26.5 Å². The molecular formula is C25H26FN3O5S. The summed E-state index contributed by atoms with van der Waals surface area (Å²) in [5, 5.41) is 3.14. The quantitative estimate of drug-likeness (QED) is 0.293. The van der Waals surface area contributed by atoms with Crippen LogP contribution in [0.25, 0.3) is 11.1 Å². The van der Waals surface area contributed by atoms with Crippen LogP contribution >= 0.6 is 0 Å². The van der Waals surface area contributed by atoms with Gasteiger partial charge in [-0.2, -0.15) is 13.4 Å². The highest BCUT2D eigenvalue weighted by Crippen LogP contribution is 2.24. The van der Waals surface area contributed by atoms with Crippen LogP contribution in [0.1, 0.15) is 11.1 Å². The molecule has 8 nitrogen and oxygen atoms in total. The summed E-state index contributed by atoms with van der Waals surface area (Å²) in [5.41, 5.74) is 9.19. The van der Waals surface area contributed by atoms with Crippen LogP contribution in [0.5, 0.6) is 5.75 Å². The molecule has 0 fully saturated rings. The maximum atomic E-state index is 12.5. The van der Waals surface area contributed by atoms with Crippen LogP contribution in [-0.4, -0.2) is 31.1 Å². The summed E-state index contributed by atoms with van der Waals surface area (Å²) in [5.74, 6) is 0.570. The molecule has 0 amide bonds. The predicted octanol–water partition coefficient (Wildman–Crippen LogP) is 4.87. The van der Waals surface area contributed by atoms with Gasteiger partial charge in [-0.25, -0.2) is 4.39 Å². The number of halogens is 1. The third kappa shape index (κ3) is 7.92. The molecule has 0 spiro atoms. The number of hydrogen-bond acceptors (Lipinski definition) is 7. The molecule has 0 aliphatic heterocycles. The number of benzene rings is 3. The van der Waals surface area contributed by atoms with E-state index in [4.69, 9.17) is 19.4 Å². The first kappa shape index (κ1) is 25.9. The van der Waals surface area contributed by atoms with E-state index >= 15 is 0 Å². The Morgan fingerprint density at radius 2 is 1.86 bits per heavy atom. The molecule has 0 saturated carbocycles. The fourth-order valence-corrected chi connectivity index (χ4v) is 3.35. The van der Waals surface area contributed by atoms with E-state index in [9.17, 15) is 12.8 Å². The van der Waals surface area contributed by atoms with Gasteiger partial charge in [-0.1, -0.05) is 48.0 Å². The monoisotopic (exact) mass is 499 g/mol. The maximum absolute atomic E-state index is 12.5. The van der Waals surface area contributed by atoms with E-state index in [1.54, 1.807) is 30.3 Å². The summed E-state index contributed by atoms with van der Waals surface area (Å²) in [4.78, 5) is 4.31. The Kier molecular flexibility index (Phi) is 8.96. The van der Waals surface area contributed by atoms with Gasteiger partial charge in [-0.3, -0.25) is 4.55 Å². The molecule has 0 unspecified atom stereocenters. The number of ether oxygens (including phenoxy) is 1. The minimum absolute atomic E-state index is 0.0666. The van der Waals surface area contributed by atoms with E-state index in [-0.39, 0.29) is 18.0 Å². The first-order valence-electron chi connectivity index (χ1n) is 10.6. The molecule has 3 aromatic carbocycles. The molecule has 0 bridgehead atoms. The van der Waals surface area contributed by atoms with Crippen LogP contribution in [0.15, 0.2) is 94.0 Å². The van der Waals surface area contributed by atoms with Gasteiger partial charge in [-0.15, -0.1) is 0 Å². The molecule has 4 N–H and O–H groups in total. The van der Waals surface area contributed by atoms with Crippen LogP contribution in [0, 0.1) is 6.92 Å². The SMILES string of the molecule is Cc1ccc(S(=O)(=O)O)cc1.NC/C(=C\F)COc1ccc2nc(NCc3ccccc3)oc2c1. The zero-order valence-electron chi connectivity index (χ0n) is 19.0. The van der Waals surface area contributed by atoms with Crippen LogP contribution < -0.4 is 15.8 Å². The Morgan fingerprint density at radius 3 is 2.49 bits per heavy atom. The van der Waals surface area contributed by atoms with E-state index in [1.165, 1.54) is 12.1 Å². The van der Waals surface area contributed by atoms with Crippen LogP contribution in [0.3, 0.4) is 0 Å². The topological polar surface area (TPSA) is 128 Å². The summed E-state index contributed by atoms with van der Waals surface area (Å²) in [6.07, 6.45) is 0.471. The first-order chi connectivity index (χ1) is 16.8. The lowest BCUT2D eigenvalue weighted by Crippen LogP contribution is -2.10. The minimum atomic E-state index is -4.02. The van der Waals surface area contributed by atoms with E-state index in [1.807, 2.05) is 37.3 Å². The lowest BCUT2D eigenvalue weighted by Gasteiger charge is -2.06. The van der Waals surface area contributed by atoms with E-state index in [0.29, 0.717) is 35.8 Å². The van der Waals surface area contributed by atoms with Crippen LogP contribution in [0.2, 0.25) is 0 Å². The van der Waals surface area contributed by atoms with Crippen molar-refractivity contribution >= 4 is 27.2 Å². The standard InChI is InChI=1S/C18H18FN3O2.C7H8O3S/c19-9-14(10-20)12-23-15-6-7-16-17(8-15)24-18(22-16)21-11-13-4-2-1-3-5-13;1-6-2-4-7(5-3-6)11(8,9)10/h1-9H,10-12,20H2,(H,21,22);2-5H,1H3,(H,8,9,10)/b14-9+;. The lowest BCUT2D eigenvalue weighted by atomic mass is 10.2. The number of rotatable bonds is 8. The van der Waals surface area contributed by atoms with Crippen molar-refractivity contribution in [3.8, 4) is 5.75 Å². The normalized spacial score (nSPS) is 11.6. The Balaban J connectivity index is 0.000000261. The van der Waals surface area contributed by atoms with Gasteiger partial charge in [0.05, 0.1) is 11.2 Å². The number of nitrogens with zero attached hydrogens (tertiary/aromatic N) is 1. The van der Waals surface area contributed by atoms with Crippen molar-refractivity contribution in [2.45, 2.75) is 18.4 Å². The molecule has 0 atom stereocenters. The number of nitrogens with one attached hydrogen (secondary N) is 1. The van der Waals surface area contributed by atoms with Crippen molar-refractivity contribution in [2.24, 2.45) is 5.73 Å². The molecule has 0 aliphatic carbocycles. The van der Waals surface area contributed by atoms with Crippen molar-refractivity contribution in [1.29, 1.82) is 0 Å². The maximum Gasteiger partial charge on any atom is 0.295 e. The second kappa shape index (κ2) is 12.1. The van der Waals surface area contributed by atoms with Gasteiger partial charge in [-0.05, 0) is 36.8 Å². The molecular weight excluding hydrogens is 473 g/mol. The van der Waals surface area contributed by atoms with Gasteiger partial charge in [0.1, 0.15) is 17.9 Å². The summed E-state index contributed by atoms with van der Waals surface area (Å²) in [7, 11) is -4.02. The number of hydrogen-bond donors (Lipinski definition) is 3. The van der Waals surface area contributed by atoms with E-state index < -0.39 is 10.1 Å². The lowest BCUT2D eigenvalue weighted by molar-refractivity contribution is 0.347. The highest BCUT2D eigenvalue weighted by molar-refractivity contribution is 7.85. The van der Waals surface area contributed by atoms with Crippen molar-refractivity contribution in [3.63, 3.8) is 0 Å². The van der Waals surface area contributed by atoms with E-state index in [2.05, 4.69) is 10.3 Å². The zero-order valence-corrected chi connectivity index (χ0v) is 19.8. The van der Waals surface area contributed by atoms with Gasteiger partial charge in [0.25, 0.3) is 16.1 Å². The average molecular weight is 500 g/mol. The number of nitrogens with two attached hydrogens (primary N) is 1. The molecule has 0 aliphatic rings. The number of oxazole rings is 1. The molecule has 0 saturated heterocycles. The van der Waals surface area contributed by atoms with Crippen LogP contribution in [-0.2, 0) is 16.7 Å². The molecule has 184 valence electrons. The van der Waals surface area contributed by atoms with E-state index in [0.717, 1.165) is 16.6 Å². The number of anilines is 1. The Hall–Kier alpha value is -3.73. The summed E-state index contributed by atoms with van der Waals surface area (Å²) < 4.78 is 53.2. The number of aryl methyl sites for hydroxylation is 1. The Morgan fingerprint density at radius 1 is 1.14 bits per heavy atom. The molecule has 0 radical (unpaired) electrons. The molecule has 4 aromatic rings. The molecule has 4 rings (SSSR count). The number of fused-ring (bicyclic) bond motifs is 1. The van der Waals surface area contributed by atoms with Gasteiger partial charge in [0.15, 0.2) is 5.58 Å². The fourth-order valence-electron chi connectivity index (χ4n) is 2.87. The third-order valence-corrected chi connectivity index (χ3v) is 5.67. The van der Waals surface area contributed by atoms with Crippen molar-refractivity contribution in [2.75, 3.05) is 18.5 Å². The molecule has 10 heteroatoms. The summed E-state index contributed by atoms with van der Waals surface area (Å²) in [6, 6.07) is 21.7. The third-order valence-electron chi connectivity index (χ3n) is 4.81. The van der Waals surface area contributed by atoms with Crippen LogP contribution in [0.4, 0.5) is 10.4 Å². The summed E-state index contributed by atoms with van der Waals surface area (Å²) in [6.45, 7) is 2.69. The fraction of sp³-hybridized carbons (Fsp3) is 0.160. The average Bonchev–Trinajstić information content (AvgIpc) is 3.26. The van der Waals surface area contributed by atoms with Crippen molar-refractivity contribution in [1.82, 2.24) is 4.98 Å². The Bertz CT molecular complexity index is 1370. The largest absolute Gasteiger partial charge is 0.489 e. The van der Waals surface area contributed by atoms with Gasteiger partial charge in [0, 0.05) is 24.7 Å². The second-order valence-electron chi connectivity index (χ2n) is 7.54. The second-order valence-corrected chi connectivity index (χ2v) is 8.96. The molecule has 1 heterocycles. The Labute approximate surface area is 203 Å². The number of aromatic nitrogens is 1. The highest BCUT2D eigenvalue weighted by Gasteiger charge is 2.08. The molecule has 1 aromatic heterocycles. The zero-order chi connectivity index (χ0) is 25.3.